The van der Waals surface area contributed by atoms with Gasteiger partial charge in [-0.05, 0) is 42.7 Å². The third-order valence-electron chi connectivity index (χ3n) is 7.18. The molecule has 1 aromatic heterocycles. The van der Waals surface area contributed by atoms with E-state index in [0.717, 1.165) is 6.42 Å². The Kier molecular flexibility index (Phi) is 4.87. The zero-order chi connectivity index (χ0) is 20.8. The minimum absolute atomic E-state index is 0.0433. The Morgan fingerprint density at radius 3 is 2.45 bits per heavy atom. The van der Waals surface area contributed by atoms with Gasteiger partial charge >= 0.3 is 5.97 Å². The molecule has 2 amide bonds. The zero-order valence-corrected chi connectivity index (χ0v) is 17.4. The van der Waals surface area contributed by atoms with Gasteiger partial charge < -0.3 is 14.5 Å². The molecule has 0 unspecified atom stereocenters. The van der Waals surface area contributed by atoms with E-state index < -0.39 is 5.41 Å². The number of likely N-dealkylation sites (tertiary alicyclic amines) is 2. The summed E-state index contributed by atoms with van der Waals surface area (Å²) in [5, 5.41) is 0. The zero-order valence-electron chi connectivity index (χ0n) is 17.4. The molecule has 2 aliphatic heterocycles. The Bertz CT molecular complexity index is 817. The van der Waals surface area contributed by atoms with Crippen LogP contribution < -0.4 is 0 Å². The van der Waals surface area contributed by atoms with Gasteiger partial charge in [-0.1, -0.05) is 19.9 Å². The van der Waals surface area contributed by atoms with Crippen molar-refractivity contribution in [1.82, 2.24) is 14.8 Å². The van der Waals surface area contributed by atoms with Gasteiger partial charge in [0.2, 0.25) is 5.91 Å². The van der Waals surface area contributed by atoms with E-state index in [2.05, 4.69) is 18.8 Å². The smallest absolute Gasteiger partial charge is 0.314 e. The first-order valence-corrected chi connectivity index (χ1v) is 10.4. The van der Waals surface area contributed by atoms with Crippen molar-refractivity contribution in [1.29, 1.82) is 0 Å². The highest BCUT2D eigenvalue weighted by Crippen LogP contribution is 2.63. The number of methoxy groups -OCH3 is 1. The molecule has 3 heterocycles. The number of amides is 2. The van der Waals surface area contributed by atoms with Gasteiger partial charge in [0, 0.05) is 38.3 Å². The number of hydrogen-bond acceptors (Lipinski definition) is 5. The summed E-state index contributed by atoms with van der Waals surface area (Å²) in [7, 11) is 1.43. The molecule has 29 heavy (non-hydrogen) atoms. The van der Waals surface area contributed by atoms with Crippen LogP contribution in [0, 0.1) is 22.7 Å². The summed E-state index contributed by atoms with van der Waals surface area (Å²) >= 11 is 0. The monoisotopic (exact) mass is 399 g/mol. The Morgan fingerprint density at radius 2 is 1.86 bits per heavy atom. The molecular formula is C22H29N3O4. The standard InChI is InChI=1S/C22H29N3O4/c1-21(2)13-22(20(28)29-3)14-25(12-17(21)22)18(26)15-7-10-24(11-8-15)19(27)16-6-4-5-9-23-16/h4-6,9,15,17H,7-8,10-14H2,1-3H3/t17-,22+/m1/s1. The summed E-state index contributed by atoms with van der Waals surface area (Å²) in [5.41, 5.74) is -0.0544. The molecule has 0 N–H and O–H groups in total. The van der Waals surface area contributed by atoms with Crippen LogP contribution in [0.15, 0.2) is 24.4 Å². The van der Waals surface area contributed by atoms with Gasteiger partial charge in [0.1, 0.15) is 5.69 Å². The topological polar surface area (TPSA) is 79.8 Å². The number of ether oxygens (including phenoxy) is 1. The highest BCUT2D eigenvalue weighted by atomic mass is 16.5. The molecule has 0 bridgehead atoms. The molecule has 1 saturated carbocycles. The van der Waals surface area contributed by atoms with Crippen molar-refractivity contribution in [2.24, 2.45) is 22.7 Å². The Labute approximate surface area is 171 Å². The van der Waals surface area contributed by atoms with Crippen LogP contribution in [0.5, 0.6) is 0 Å². The van der Waals surface area contributed by atoms with Gasteiger partial charge in [0.25, 0.3) is 5.91 Å². The molecule has 0 spiro atoms. The normalized spacial score (nSPS) is 28.4. The van der Waals surface area contributed by atoms with Crippen LogP contribution in [-0.4, -0.2) is 65.9 Å². The molecule has 2 atom stereocenters. The maximum atomic E-state index is 13.2. The maximum Gasteiger partial charge on any atom is 0.314 e. The van der Waals surface area contributed by atoms with Crippen LogP contribution in [0.3, 0.4) is 0 Å². The summed E-state index contributed by atoms with van der Waals surface area (Å²) in [5.74, 6) is -0.103. The van der Waals surface area contributed by atoms with Crippen LogP contribution in [0.4, 0.5) is 0 Å². The van der Waals surface area contributed by atoms with E-state index in [-0.39, 0.29) is 35.0 Å². The van der Waals surface area contributed by atoms with Gasteiger partial charge in [-0.15, -0.1) is 0 Å². The number of carbonyl (C=O) groups excluding carboxylic acids is 3. The predicted molar refractivity (Wildman–Crippen MR) is 106 cm³/mol. The number of rotatable bonds is 3. The van der Waals surface area contributed by atoms with E-state index in [1.807, 2.05) is 4.90 Å². The van der Waals surface area contributed by atoms with Crippen LogP contribution in [-0.2, 0) is 14.3 Å². The van der Waals surface area contributed by atoms with Crippen molar-refractivity contribution >= 4 is 17.8 Å². The summed E-state index contributed by atoms with van der Waals surface area (Å²) in [4.78, 5) is 46.0. The van der Waals surface area contributed by atoms with Crippen molar-refractivity contribution in [3.63, 3.8) is 0 Å². The molecule has 3 fully saturated rings. The number of carbonyl (C=O) groups is 3. The lowest BCUT2D eigenvalue weighted by atomic mass is 9.48. The number of aromatic nitrogens is 1. The first-order chi connectivity index (χ1) is 13.8. The third-order valence-corrected chi connectivity index (χ3v) is 7.18. The molecule has 3 aliphatic rings. The molecule has 0 aromatic carbocycles. The summed E-state index contributed by atoms with van der Waals surface area (Å²) in [6.45, 7) is 6.50. The summed E-state index contributed by atoms with van der Waals surface area (Å²) < 4.78 is 5.08. The second kappa shape index (κ2) is 7.11. The van der Waals surface area contributed by atoms with Crippen molar-refractivity contribution in [3.8, 4) is 0 Å². The van der Waals surface area contributed by atoms with Crippen molar-refractivity contribution in [2.45, 2.75) is 33.1 Å². The third kappa shape index (κ3) is 3.20. The van der Waals surface area contributed by atoms with Crippen LogP contribution in [0.2, 0.25) is 0 Å². The number of pyridine rings is 1. The van der Waals surface area contributed by atoms with Crippen LogP contribution in [0.1, 0.15) is 43.6 Å². The van der Waals surface area contributed by atoms with Crippen LogP contribution in [0.25, 0.3) is 0 Å². The van der Waals surface area contributed by atoms with E-state index in [0.29, 0.717) is 44.7 Å². The van der Waals surface area contributed by atoms with Crippen molar-refractivity contribution in [3.05, 3.63) is 30.1 Å². The lowest BCUT2D eigenvalue weighted by Gasteiger charge is -2.54. The molecule has 4 rings (SSSR count). The van der Waals surface area contributed by atoms with Crippen LogP contribution >= 0.6 is 0 Å². The lowest BCUT2D eigenvalue weighted by Crippen LogP contribution is -2.57. The fraction of sp³-hybridized carbons (Fsp3) is 0.636. The number of fused-ring (bicyclic) bond motifs is 1. The summed E-state index contributed by atoms with van der Waals surface area (Å²) in [6.07, 6.45) is 3.67. The van der Waals surface area contributed by atoms with Crippen molar-refractivity contribution in [2.75, 3.05) is 33.3 Å². The Balaban J connectivity index is 1.38. The second-order valence-electron chi connectivity index (χ2n) is 9.37. The predicted octanol–water partition coefficient (Wildman–Crippen LogP) is 1.98. The maximum absolute atomic E-state index is 13.2. The van der Waals surface area contributed by atoms with Gasteiger partial charge in [-0.3, -0.25) is 19.4 Å². The van der Waals surface area contributed by atoms with E-state index in [1.165, 1.54) is 7.11 Å². The first kappa shape index (κ1) is 19.9. The fourth-order valence-corrected chi connectivity index (χ4v) is 5.78. The average Bonchev–Trinajstić information content (AvgIpc) is 3.08. The molecule has 0 radical (unpaired) electrons. The molecule has 1 aromatic rings. The van der Waals surface area contributed by atoms with E-state index in [1.54, 1.807) is 29.3 Å². The van der Waals surface area contributed by atoms with Gasteiger partial charge in [0.05, 0.1) is 12.5 Å². The minimum Gasteiger partial charge on any atom is -0.469 e. The quantitative estimate of drug-likeness (QED) is 0.726. The first-order valence-electron chi connectivity index (χ1n) is 10.4. The number of esters is 1. The molecule has 1 aliphatic carbocycles. The number of nitrogens with zero attached hydrogens (tertiary/aromatic N) is 3. The van der Waals surface area contributed by atoms with Gasteiger partial charge in [-0.25, -0.2) is 0 Å². The Hall–Kier alpha value is -2.44. The molecule has 7 nitrogen and oxygen atoms in total. The number of piperidine rings is 1. The highest BCUT2D eigenvalue weighted by molar-refractivity contribution is 5.92. The molecule has 7 heteroatoms. The fourth-order valence-electron chi connectivity index (χ4n) is 5.78. The Morgan fingerprint density at radius 1 is 1.14 bits per heavy atom. The van der Waals surface area contributed by atoms with Gasteiger partial charge in [-0.2, -0.15) is 0 Å². The number of hydrogen-bond donors (Lipinski definition) is 0. The molecule has 156 valence electrons. The highest BCUT2D eigenvalue weighted by Gasteiger charge is 2.68. The van der Waals surface area contributed by atoms with E-state index in [4.69, 9.17) is 4.74 Å². The van der Waals surface area contributed by atoms with Gasteiger partial charge in [0.15, 0.2) is 0 Å². The molecular weight excluding hydrogens is 370 g/mol. The largest absolute Gasteiger partial charge is 0.469 e. The molecule has 2 saturated heterocycles. The summed E-state index contributed by atoms with van der Waals surface area (Å²) in [6, 6.07) is 5.30. The second-order valence-corrected chi connectivity index (χ2v) is 9.37. The van der Waals surface area contributed by atoms with E-state index in [9.17, 15) is 14.4 Å². The van der Waals surface area contributed by atoms with Crippen molar-refractivity contribution < 1.29 is 19.1 Å². The SMILES string of the molecule is COC(=O)[C@@]12CN(C(=O)C3CCN(C(=O)c4ccccn4)CC3)C[C@@H]1C(C)(C)C2. The lowest BCUT2D eigenvalue weighted by molar-refractivity contribution is -0.174. The van der Waals surface area contributed by atoms with E-state index >= 15 is 0 Å². The minimum atomic E-state index is -0.538. The average molecular weight is 399 g/mol.